The summed E-state index contributed by atoms with van der Waals surface area (Å²) < 4.78 is 38.4. The molecule has 8 heteroatoms. The Morgan fingerprint density at radius 3 is 1.86 bits per heavy atom. The van der Waals surface area contributed by atoms with Crippen LogP contribution >= 0.6 is 19.4 Å². The van der Waals surface area contributed by atoms with Crippen molar-refractivity contribution in [2.24, 2.45) is 0 Å². The maximum atomic E-state index is 12.4. The zero-order chi connectivity index (χ0) is 15.9. The number of hydrogen-bond acceptors (Lipinski definition) is 6. The van der Waals surface area contributed by atoms with E-state index in [9.17, 15) is 4.57 Å². The summed E-state index contributed by atoms with van der Waals surface area (Å²) in [4.78, 5) is 0. The van der Waals surface area contributed by atoms with E-state index in [1.807, 2.05) is 0 Å². The number of phosphoric acid groups is 1. The van der Waals surface area contributed by atoms with Crippen LogP contribution in [0.25, 0.3) is 0 Å². The third kappa shape index (κ3) is 4.78. The summed E-state index contributed by atoms with van der Waals surface area (Å²) in [7, 11) is -0.671. The number of phosphoric ester groups is 1. The van der Waals surface area contributed by atoms with Gasteiger partial charge in [0.1, 0.15) is 17.2 Å². The van der Waals surface area contributed by atoms with Crippen molar-refractivity contribution >= 4 is 19.4 Å². The van der Waals surface area contributed by atoms with Gasteiger partial charge >= 0.3 is 7.82 Å². The Labute approximate surface area is 129 Å². The maximum Gasteiger partial charge on any atom is 0.530 e. The molecular weight excluding hydrogens is 319 g/mol. The Balaban J connectivity index is 3.15. The van der Waals surface area contributed by atoms with Crippen LogP contribution < -0.4 is 14.0 Å². The number of rotatable bonds is 9. The van der Waals surface area contributed by atoms with Gasteiger partial charge in [-0.2, -0.15) is 0 Å². The molecule has 0 aliphatic heterocycles. The van der Waals surface area contributed by atoms with Gasteiger partial charge < -0.3 is 14.0 Å². The molecule has 0 radical (unpaired) electrons. The summed E-state index contributed by atoms with van der Waals surface area (Å²) in [6.07, 6.45) is 0. The molecule has 1 rings (SSSR count). The first-order valence-electron chi connectivity index (χ1n) is 6.43. The molecule has 1 aromatic rings. The molecule has 0 amide bonds. The Morgan fingerprint density at radius 1 is 1.05 bits per heavy atom. The van der Waals surface area contributed by atoms with Crippen molar-refractivity contribution in [3.8, 4) is 17.2 Å². The molecule has 0 aromatic heterocycles. The van der Waals surface area contributed by atoms with Crippen LogP contribution in [0.5, 0.6) is 17.2 Å². The predicted octanol–water partition coefficient (Wildman–Crippen LogP) is 4.00. The van der Waals surface area contributed by atoms with Gasteiger partial charge in [0.25, 0.3) is 0 Å². The second-order valence-corrected chi connectivity index (χ2v) is 5.67. The summed E-state index contributed by atoms with van der Waals surface area (Å²) in [6, 6.07) is 3.12. The van der Waals surface area contributed by atoms with E-state index in [1.54, 1.807) is 26.0 Å². The molecule has 0 unspecified atom stereocenters. The Morgan fingerprint density at radius 2 is 1.52 bits per heavy atom. The van der Waals surface area contributed by atoms with Crippen LogP contribution in [-0.2, 0) is 19.5 Å². The number of ether oxygens (including phenoxy) is 2. The number of alkyl halides is 1. The van der Waals surface area contributed by atoms with Crippen molar-refractivity contribution in [3.05, 3.63) is 17.7 Å². The van der Waals surface area contributed by atoms with Crippen LogP contribution in [0.1, 0.15) is 19.4 Å². The van der Waals surface area contributed by atoms with E-state index >= 15 is 0 Å². The monoisotopic (exact) mass is 338 g/mol. The van der Waals surface area contributed by atoms with E-state index in [0.717, 1.165) is 0 Å². The van der Waals surface area contributed by atoms with E-state index in [0.29, 0.717) is 17.1 Å². The standard InChI is InChI=1S/C13H20ClO6P/c1-5-18-21(15,19-6-2)20-10-7-12(16-3)11(9-14)13(8-10)17-4/h7-8H,5-6,9H2,1-4H3. The van der Waals surface area contributed by atoms with Gasteiger partial charge in [-0.25, -0.2) is 4.57 Å². The molecule has 0 bridgehead atoms. The van der Waals surface area contributed by atoms with E-state index in [-0.39, 0.29) is 24.8 Å². The summed E-state index contributed by atoms with van der Waals surface area (Å²) >= 11 is 5.87. The molecule has 0 saturated heterocycles. The smallest absolute Gasteiger partial charge is 0.496 e. The van der Waals surface area contributed by atoms with Crippen molar-refractivity contribution in [2.45, 2.75) is 19.7 Å². The van der Waals surface area contributed by atoms with E-state index in [2.05, 4.69) is 0 Å². The first kappa shape index (κ1) is 18.1. The molecule has 0 spiro atoms. The second-order valence-electron chi connectivity index (χ2n) is 3.81. The van der Waals surface area contributed by atoms with Crippen molar-refractivity contribution < 1.29 is 27.6 Å². The average molecular weight is 339 g/mol. The van der Waals surface area contributed by atoms with E-state index in [1.165, 1.54) is 14.2 Å². The SMILES string of the molecule is CCOP(=O)(OCC)Oc1cc(OC)c(CCl)c(OC)c1. The molecule has 0 aliphatic rings. The largest absolute Gasteiger partial charge is 0.530 e. The minimum Gasteiger partial charge on any atom is -0.496 e. The lowest BCUT2D eigenvalue weighted by Gasteiger charge is -2.19. The minimum atomic E-state index is -3.67. The zero-order valence-electron chi connectivity index (χ0n) is 12.6. The molecule has 120 valence electrons. The fourth-order valence-electron chi connectivity index (χ4n) is 1.68. The van der Waals surface area contributed by atoms with Crippen molar-refractivity contribution in [1.82, 2.24) is 0 Å². The summed E-state index contributed by atoms with van der Waals surface area (Å²) in [5.41, 5.74) is 0.677. The number of hydrogen-bond donors (Lipinski definition) is 0. The van der Waals surface area contributed by atoms with Crippen LogP contribution in [0.3, 0.4) is 0 Å². The van der Waals surface area contributed by atoms with Gasteiger partial charge in [0, 0.05) is 12.1 Å². The van der Waals surface area contributed by atoms with E-state index < -0.39 is 7.82 Å². The van der Waals surface area contributed by atoms with Gasteiger partial charge in [-0.3, -0.25) is 9.05 Å². The summed E-state index contributed by atoms with van der Waals surface area (Å²) in [6.45, 7) is 3.80. The predicted molar refractivity (Wildman–Crippen MR) is 80.6 cm³/mol. The van der Waals surface area contributed by atoms with Crippen LogP contribution in [-0.4, -0.2) is 27.4 Å². The normalized spacial score (nSPS) is 11.3. The molecule has 21 heavy (non-hydrogen) atoms. The minimum absolute atomic E-state index is 0.200. The van der Waals surface area contributed by atoms with Gasteiger partial charge in [-0.15, -0.1) is 11.6 Å². The first-order valence-corrected chi connectivity index (χ1v) is 8.42. The van der Waals surface area contributed by atoms with Crippen LogP contribution in [0, 0.1) is 0 Å². The van der Waals surface area contributed by atoms with Gasteiger partial charge in [-0.05, 0) is 13.8 Å². The molecule has 0 aliphatic carbocycles. The number of methoxy groups -OCH3 is 2. The highest BCUT2D eigenvalue weighted by Gasteiger charge is 2.28. The molecule has 0 fully saturated rings. The fraction of sp³-hybridized carbons (Fsp3) is 0.538. The number of benzene rings is 1. The van der Waals surface area contributed by atoms with Crippen molar-refractivity contribution in [3.63, 3.8) is 0 Å². The highest BCUT2D eigenvalue weighted by atomic mass is 35.5. The van der Waals surface area contributed by atoms with Gasteiger partial charge in [0.2, 0.25) is 0 Å². The number of halogens is 1. The molecule has 0 atom stereocenters. The molecule has 1 aromatic carbocycles. The quantitative estimate of drug-likeness (QED) is 0.501. The first-order chi connectivity index (χ1) is 10.0. The van der Waals surface area contributed by atoms with Gasteiger partial charge in [0.05, 0.1) is 38.9 Å². The molecule has 0 saturated carbocycles. The Bertz CT molecular complexity index is 472. The van der Waals surface area contributed by atoms with Crippen LogP contribution in [0.15, 0.2) is 12.1 Å². The molecular formula is C13H20ClO6P. The van der Waals surface area contributed by atoms with Crippen molar-refractivity contribution in [1.29, 1.82) is 0 Å². The maximum absolute atomic E-state index is 12.4. The van der Waals surface area contributed by atoms with Gasteiger partial charge in [-0.1, -0.05) is 0 Å². The average Bonchev–Trinajstić information content (AvgIpc) is 2.46. The van der Waals surface area contributed by atoms with Gasteiger partial charge in [0.15, 0.2) is 0 Å². The lowest BCUT2D eigenvalue weighted by atomic mass is 10.2. The van der Waals surface area contributed by atoms with Crippen molar-refractivity contribution in [2.75, 3.05) is 27.4 Å². The lowest BCUT2D eigenvalue weighted by molar-refractivity contribution is 0.167. The highest BCUT2D eigenvalue weighted by Crippen LogP contribution is 2.50. The summed E-state index contributed by atoms with van der Waals surface area (Å²) in [5.74, 6) is 1.40. The Kier molecular flexibility index (Phi) is 7.32. The Hall–Kier alpha value is -0.940. The molecule has 0 N–H and O–H groups in total. The van der Waals surface area contributed by atoms with Crippen LogP contribution in [0.2, 0.25) is 0 Å². The lowest BCUT2D eigenvalue weighted by Crippen LogP contribution is -2.03. The molecule has 0 heterocycles. The third-order valence-corrected chi connectivity index (χ3v) is 4.36. The molecule has 6 nitrogen and oxygen atoms in total. The van der Waals surface area contributed by atoms with Crippen LogP contribution in [0.4, 0.5) is 0 Å². The summed E-state index contributed by atoms with van der Waals surface area (Å²) in [5, 5.41) is 0. The highest BCUT2D eigenvalue weighted by molar-refractivity contribution is 7.48. The zero-order valence-corrected chi connectivity index (χ0v) is 14.2. The van der Waals surface area contributed by atoms with E-state index in [4.69, 9.17) is 34.6 Å². The second kappa shape index (κ2) is 8.49. The topological polar surface area (TPSA) is 63.2 Å². The fourth-order valence-corrected chi connectivity index (χ4v) is 3.12. The third-order valence-electron chi connectivity index (χ3n) is 2.51.